The molecule has 27 heavy (non-hydrogen) atoms. The Hall–Kier alpha value is -3.05. The predicted octanol–water partition coefficient (Wildman–Crippen LogP) is 4.91. The van der Waals surface area contributed by atoms with Crippen LogP contribution in [0.2, 0.25) is 0 Å². The van der Waals surface area contributed by atoms with E-state index in [-0.39, 0.29) is 5.91 Å². The number of carbonyl (C=O) groups excluding carboxylic acids is 1. The van der Waals surface area contributed by atoms with Crippen molar-refractivity contribution in [2.45, 2.75) is 20.4 Å². The van der Waals surface area contributed by atoms with Crippen LogP contribution < -0.4 is 5.32 Å². The molecule has 4 aromatic rings. The van der Waals surface area contributed by atoms with Crippen molar-refractivity contribution >= 4 is 28.1 Å². The van der Waals surface area contributed by atoms with Gasteiger partial charge >= 0.3 is 0 Å². The Morgan fingerprint density at radius 1 is 1.11 bits per heavy atom. The number of thiophene rings is 1. The fraction of sp³-hybridized carbons (Fsp3) is 0.136. The lowest BCUT2D eigenvalue weighted by atomic mass is 10.0. The van der Waals surface area contributed by atoms with Crippen molar-refractivity contribution in [3.63, 3.8) is 0 Å². The number of amides is 1. The Morgan fingerprint density at radius 2 is 2.00 bits per heavy atom. The molecule has 0 radical (unpaired) electrons. The van der Waals surface area contributed by atoms with Crippen molar-refractivity contribution in [2.75, 3.05) is 0 Å². The van der Waals surface area contributed by atoms with Crippen LogP contribution in [0.15, 0.2) is 60.1 Å². The number of rotatable bonds is 4. The van der Waals surface area contributed by atoms with Crippen molar-refractivity contribution in [2.24, 2.45) is 0 Å². The van der Waals surface area contributed by atoms with Crippen molar-refractivity contribution in [1.82, 2.24) is 15.3 Å². The van der Waals surface area contributed by atoms with Crippen molar-refractivity contribution < 1.29 is 4.79 Å². The zero-order valence-electron chi connectivity index (χ0n) is 15.2. The molecule has 0 saturated heterocycles. The first kappa shape index (κ1) is 17.4. The summed E-state index contributed by atoms with van der Waals surface area (Å²) in [5.41, 5.74) is 5.36. The molecule has 0 aliphatic carbocycles. The minimum atomic E-state index is -0.115. The first-order valence-corrected chi connectivity index (χ1v) is 9.64. The molecule has 3 heterocycles. The molecular formula is C22H19N3OS. The van der Waals surface area contributed by atoms with Crippen LogP contribution in [0.25, 0.3) is 21.5 Å². The second-order valence-corrected chi connectivity index (χ2v) is 7.46. The summed E-state index contributed by atoms with van der Waals surface area (Å²) in [6.45, 7) is 4.47. The summed E-state index contributed by atoms with van der Waals surface area (Å²) in [6, 6.07) is 15.7. The number of carbonyl (C=O) groups is 1. The van der Waals surface area contributed by atoms with E-state index < -0.39 is 0 Å². The van der Waals surface area contributed by atoms with E-state index in [4.69, 9.17) is 4.98 Å². The fourth-order valence-electron chi connectivity index (χ4n) is 3.19. The van der Waals surface area contributed by atoms with E-state index in [9.17, 15) is 4.79 Å². The van der Waals surface area contributed by atoms with Gasteiger partial charge in [-0.15, -0.1) is 11.3 Å². The summed E-state index contributed by atoms with van der Waals surface area (Å²) in [6.07, 6.45) is 1.73. The summed E-state index contributed by atoms with van der Waals surface area (Å²) < 4.78 is 0. The molecule has 0 saturated carbocycles. The van der Waals surface area contributed by atoms with E-state index in [0.29, 0.717) is 12.1 Å². The molecule has 0 unspecified atom stereocenters. The van der Waals surface area contributed by atoms with Gasteiger partial charge in [-0.3, -0.25) is 9.78 Å². The summed E-state index contributed by atoms with van der Waals surface area (Å²) >= 11 is 1.62. The highest BCUT2D eigenvalue weighted by Gasteiger charge is 2.16. The number of fused-ring (bicyclic) bond motifs is 1. The number of hydrogen-bond acceptors (Lipinski definition) is 4. The van der Waals surface area contributed by atoms with E-state index in [2.05, 4.69) is 16.4 Å². The van der Waals surface area contributed by atoms with Crippen molar-refractivity contribution in [3.8, 4) is 10.6 Å². The number of benzene rings is 1. The van der Waals surface area contributed by atoms with Crippen LogP contribution in [0.5, 0.6) is 0 Å². The smallest absolute Gasteiger partial charge is 0.252 e. The average molecular weight is 373 g/mol. The Labute approximate surface area is 161 Å². The third-order valence-corrected chi connectivity index (χ3v) is 5.32. The molecule has 4 nitrogen and oxygen atoms in total. The molecule has 4 rings (SSSR count). The van der Waals surface area contributed by atoms with Crippen LogP contribution in [0, 0.1) is 13.8 Å². The van der Waals surface area contributed by atoms with Gasteiger partial charge in [0.2, 0.25) is 0 Å². The zero-order valence-corrected chi connectivity index (χ0v) is 16.0. The van der Waals surface area contributed by atoms with E-state index in [1.807, 2.05) is 61.7 Å². The Balaban J connectivity index is 1.78. The highest BCUT2D eigenvalue weighted by molar-refractivity contribution is 7.13. The lowest BCUT2D eigenvalue weighted by Crippen LogP contribution is -2.23. The molecule has 0 atom stereocenters. The number of aryl methyl sites for hydroxylation is 2. The molecule has 0 fully saturated rings. The number of hydrogen-bond donors (Lipinski definition) is 1. The predicted molar refractivity (Wildman–Crippen MR) is 110 cm³/mol. The molecule has 3 aromatic heterocycles. The van der Waals surface area contributed by atoms with Gasteiger partial charge in [0, 0.05) is 11.6 Å². The molecule has 1 amide bonds. The summed E-state index contributed by atoms with van der Waals surface area (Å²) in [4.78, 5) is 23.2. The van der Waals surface area contributed by atoms with E-state index >= 15 is 0 Å². The molecule has 0 bridgehead atoms. The van der Waals surface area contributed by atoms with Crippen LogP contribution in [0.1, 0.15) is 27.2 Å². The molecule has 0 aliphatic rings. The summed E-state index contributed by atoms with van der Waals surface area (Å²) in [7, 11) is 0. The number of nitrogens with one attached hydrogen (secondary N) is 1. The quantitative estimate of drug-likeness (QED) is 0.553. The highest BCUT2D eigenvalue weighted by atomic mass is 32.1. The van der Waals surface area contributed by atoms with Gasteiger partial charge in [0.1, 0.15) is 0 Å². The van der Waals surface area contributed by atoms with Crippen LogP contribution in [-0.4, -0.2) is 15.9 Å². The molecule has 134 valence electrons. The van der Waals surface area contributed by atoms with Crippen molar-refractivity contribution in [1.29, 1.82) is 0 Å². The number of nitrogens with zero attached hydrogens (tertiary/aromatic N) is 2. The number of pyridine rings is 2. The SMILES string of the molecule is Cc1cc(C)c2nc(-c3cccs3)cc(C(=O)NCc3ccccn3)c2c1. The Morgan fingerprint density at radius 3 is 2.74 bits per heavy atom. The van der Waals surface area contributed by atoms with Gasteiger partial charge in [0.25, 0.3) is 5.91 Å². The number of aromatic nitrogens is 2. The second kappa shape index (κ2) is 7.29. The average Bonchev–Trinajstić information content (AvgIpc) is 3.21. The Bertz CT molecular complexity index is 1110. The van der Waals surface area contributed by atoms with Gasteiger partial charge in [0.15, 0.2) is 0 Å². The van der Waals surface area contributed by atoms with Gasteiger partial charge in [-0.25, -0.2) is 4.98 Å². The standard InChI is InChI=1S/C22H19N3OS/c1-14-10-15(2)21-17(11-14)18(12-19(25-21)20-7-5-9-27-20)22(26)24-13-16-6-3-4-8-23-16/h3-12H,13H2,1-2H3,(H,24,26). The molecular weight excluding hydrogens is 354 g/mol. The molecule has 0 spiro atoms. The summed E-state index contributed by atoms with van der Waals surface area (Å²) in [5.74, 6) is -0.115. The third-order valence-electron chi connectivity index (χ3n) is 4.42. The van der Waals surface area contributed by atoms with Crippen LogP contribution >= 0.6 is 11.3 Å². The third kappa shape index (κ3) is 3.59. The minimum absolute atomic E-state index is 0.115. The second-order valence-electron chi connectivity index (χ2n) is 6.51. The lowest BCUT2D eigenvalue weighted by Gasteiger charge is -2.12. The first-order valence-electron chi connectivity index (χ1n) is 8.76. The van der Waals surface area contributed by atoms with Gasteiger partial charge in [-0.05, 0) is 55.1 Å². The van der Waals surface area contributed by atoms with E-state index in [1.165, 1.54) is 0 Å². The van der Waals surface area contributed by atoms with E-state index in [0.717, 1.165) is 38.3 Å². The van der Waals surface area contributed by atoms with Gasteiger partial charge in [0.05, 0.1) is 33.9 Å². The van der Waals surface area contributed by atoms with Gasteiger partial charge in [-0.2, -0.15) is 0 Å². The zero-order chi connectivity index (χ0) is 18.8. The van der Waals surface area contributed by atoms with Crippen LogP contribution in [-0.2, 0) is 6.54 Å². The maximum Gasteiger partial charge on any atom is 0.252 e. The largest absolute Gasteiger partial charge is 0.346 e. The minimum Gasteiger partial charge on any atom is -0.346 e. The first-order chi connectivity index (χ1) is 13.1. The topological polar surface area (TPSA) is 54.9 Å². The summed E-state index contributed by atoms with van der Waals surface area (Å²) in [5, 5.41) is 5.89. The highest BCUT2D eigenvalue weighted by Crippen LogP contribution is 2.30. The fourth-order valence-corrected chi connectivity index (χ4v) is 3.87. The molecule has 1 aromatic carbocycles. The Kier molecular flexibility index (Phi) is 4.69. The normalized spacial score (nSPS) is 10.9. The molecule has 0 aliphatic heterocycles. The van der Waals surface area contributed by atoms with Gasteiger partial charge < -0.3 is 5.32 Å². The maximum atomic E-state index is 13.0. The molecule has 1 N–H and O–H groups in total. The monoisotopic (exact) mass is 373 g/mol. The lowest BCUT2D eigenvalue weighted by molar-refractivity contribution is 0.0952. The van der Waals surface area contributed by atoms with Crippen molar-refractivity contribution in [3.05, 3.63) is 82.5 Å². The maximum absolute atomic E-state index is 13.0. The molecule has 5 heteroatoms. The van der Waals surface area contributed by atoms with Crippen LogP contribution in [0.3, 0.4) is 0 Å². The van der Waals surface area contributed by atoms with E-state index in [1.54, 1.807) is 17.5 Å². The van der Waals surface area contributed by atoms with Crippen LogP contribution in [0.4, 0.5) is 0 Å². The van der Waals surface area contributed by atoms with Gasteiger partial charge in [-0.1, -0.05) is 23.8 Å².